The molecule has 0 saturated heterocycles. The lowest BCUT2D eigenvalue weighted by Gasteiger charge is -2.28. The molecule has 0 aliphatic heterocycles. The van der Waals surface area contributed by atoms with Gasteiger partial charge in [-0.1, -0.05) is 0 Å². The van der Waals surface area contributed by atoms with Crippen LogP contribution in [0.4, 0.5) is 0 Å². The number of sulfonamides is 1. The van der Waals surface area contributed by atoms with Gasteiger partial charge in [-0.15, -0.1) is 0 Å². The first-order valence-corrected chi connectivity index (χ1v) is 9.02. The highest BCUT2D eigenvalue weighted by atomic mass is 32.2. The van der Waals surface area contributed by atoms with E-state index in [0.717, 1.165) is 37.1 Å². The van der Waals surface area contributed by atoms with Crippen LogP contribution in [-0.2, 0) is 10.0 Å². The highest BCUT2D eigenvalue weighted by molar-refractivity contribution is 7.89. The Kier molecular flexibility index (Phi) is 5.16. The number of hydrogen-bond donors (Lipinski definition) is 1. The summed E-state index contributed by atoms with van der Waals surface area (Å²) in [4.78, 5) is 8.55. The zero-order valence-corrected chi connectivity index (χ0v) is 13.6. The lowest BCUT2D eigenvalue weighted by atomic mass is 9.94. The Labute approximate surface area is 126 Å². The van der Waals surface area contributed by atoms with Crippen LogP contribution in [0, 0.1) is 13.8 Å². The SMILES string of the molecule is CCS(=O)(=O)NC1CCC(Oc2nc(C)cc(C)n2)CC1. The fourth-order valence-electron chi connectivity index (χ4n) is 2.53. The topological polar surface area (TPSA) is 81.2 Å². The number of aromatic nitrogens is 2. The lowest BCUT2D eigenvalue weighted by molar-refractivity contribution is 0.131. The fourth-order valence-corrected chi connectivity index (χ4v) is 3.44. The molecule has 0 amide bonds. The van der Waals surface area contributed by atoms with E-state index >= 15 is 0 Å². The van der Waals surface area contributed by atoms with Crippen LogP contribution in [0.1, 0.15) is 44.0 Å². The molecule has 1 heterocycles. The average molecular weight is 313 g/mol. The Balaban J connectivity index is 1.87. The van der Waals surface area contributed by atoms with E-state index in [9.17, 15) is 8.42 Å². The van der Waals surface area contributed by atoms with Crippen molar-refractivity contribution in [2.75, 3.05) is 5.75 Å². The Bertz CT molecular complexity index is 561. The van der Waals surface area contributed by atoms with Gasteiger partial charge in [-0.05, 0) is 52.5 Å². The molecular formula is C14H23N3O3S. The molecule has 7 heteroatoms. The van der Waals surface area contributed by atoms with Crippen molar-refractivity contribution in [3.05, 3.63) is 17.5 Å². The second-order valence-corrected chi connectivity index (χ2v) is 7.59. The zero-order valence-electron chi connectivity index (χ0n) is 12.8. The minimum Gasteiger partial charge on any atom is -0.460 e. The van der Waals surface area contributed by atoms with Gasteiger partial charge in [-0.3, -0.25) is 0 Å². The minimum atomic E-state index is -3.12. The van der Waals surface area contributed by atoms with Crippen molar-refractivity contribution in [1.29, 1.82) is 0 Å². The summed E-state index contributed by atoms with van der Waals surface area (Å²) in [5, 5.41) is 0. The van der Waals surface area contributed by atoms with Crippen LogP contribution < -0.4 is 9.46 Å². The first-order valence-electron chi connectivity index (χ1n) is 7.37. The number of rotatable bonds is 5. The largest absolute Gasteiger partial charge is 0.460 e. The quantitative estimate of drug-likeness (QED) is 0.895. The van der Waals surface area contributed by atoms with E-state index in [1.54, 1.807) is 6.92 Å². The fraction of sp³-hybridized carbons (Fsp3) is 0.714. The van der Waals surface area contributed by atoms with Gasteiger partial charge in [-0.2, -0.15) is 0 Å². The van der Waals surface area contributed by atoms with Crippen molar-refractivity contribution < 1.29 is 13.2 Å². The average Bonchev–Trinajstić information content (AvgIpc) is 2.39. The zero-order chi connectivity index (χ0) is 15.5. The van der Waals surface area contributed by atoms with Gasteiger partial charge in [0.15, 0.2) is 0 Å². The summed E-state index contributed by atoms with van der Waals surface area (Å²) in [6.07, 6.45) is 3.26. The van der Waals surface area contributed by atoms with Gasteiger partial charge in [0.25, 0.3) is 0 Å². The van der Waals surface area contributed by atoms with Crippen molar-refractivity contribution in [2.45, 2.75) is 58.6 Å². The summed E-state index contributed by atoms with van der Waals surface area (Å²) in [5.41, 5.74) is 1.78. The Morgan fingerprint density at radius 1 is 1.19 bits per heavy atom. The summed E-state index contributed by atoms with van der Waals surface area (Å²) < 4.78 is 31.7. The van der Waals surface area contributed by atoms with Crippen LogP contribution >= 0.6 is 0 Å². The van der Waals surface area contributed by atoms with Crippen molar-refractivity contribution in [2.24, 2.45) is 0 Å². The first-order chi connectivity index (χ1) is 9.88. The Morgan fingerprint density at radius 2 is 1.76 bits per heavy atom. The van der Waals surface area contributed by atoms with E-state index in [2.05, 4.69) is 14.7 Å². The van der Waals surface area contributed by atoms with Gasteiger partial charge in [-0.25, -0.2) is 23.1 Å². The molecule has 2 rings (SSSR count). The lowest BCUT2D eigenvalue weighted by Crippen LogP contribution is -2.40. The van der Waals surface area contributed by atoms with E-state index in [1.807, 2.05) is 19.9 Å². The van der Waals surface area contributed by atoms with Crippen molar-refractivity contribution in [3.63, 3.8) is 0 Å². The molecule has 0 aromatic carbocycles. The van der Waals surface area contributed by atoms with Crippen LogP contribution in [0.2, 0.25) is 0 Å². The van der Waals surface area contributed by atoms with Gasteiger partial charge < -0.3 is 4.74 Å². The third-order valence-corrected chi connectivity index (χ3v) is 5.09. The number of ether oxygens (including phenoxy) is 1. The molecule has 1 aliphatic carbocycles. The normalized spacial score (nSPS) is 23.0. The maximum atomic E-state index is 11.6. The summed E-state index contributed by atoms with van der Waals surface area (Å²) >= 11 is 0. The van der Waals surface area contributed by atoms with Crippen molar-refractivity contribution >= 4 is 10.0 Å². The molecule has 1 aliphatic rings. The number of nitrogens with one attached hydrogen (secondary N) is 1. The van der Waals surface area contributed by atoms with Gasteiger partial charge in [0.2, 0.25) is 10.0 Å². The third kappa shape index (κ3) is 4.93. The molecule has 1 fully saturated rings. The van der Waals surface area contributed by atoms with Crippen molar-refractivity contribution in [3.8, 4) is 6.01 Å². The molecule has 21 heavy (non-hydrogen) atoms. The van der Waals surface area contributed by atoms with Crippen LogP contribution in [0.3, 0.4) is 0 Å². The maximum absolute atomic E-state index is 11.6. The summed E-state index contributed by atoms with van der Waals surface area (Å²) in [6, 6.07) is 2.35. The highest BCUT2D eigenvalue weighted by Gasteiger charge is 2.25. The van der Waals surface area contributed by atoms with Gasteiger partial charge in [0.1, 0.15) is 6.10 Å². The number of aryl methyl sites for hydroxylation is 2. The molecule has 1 aromatic heterocycles. The standard InChI is InChI=1S/C14H23N3O3S/c1-4-21(18,19)17-12-5-7-13(8-6-12)20-14-15-10(2)9-11(3)16-14/h9,12-13,17H,4-8H2,1-3H3. The van der Waals surface area contributed by atoms with Crippen molar-refractivity contribution in [1.82, 2.24) is 14.7 Å². The first kappa shape index (κ1) is 16.2. The molecule has 0 atom stereocenters. The number of nitrogens with zero attached hydrogens (tertiary/aromatic N) is 2. The van der Waals surface area contributed by atoms with Gasteiger partial charge in [0.05, 0.1) is 5.75 Å². The van der Waals surface area contributed by atoms with Crippen LogP contribution in [-0.4, -0.2) is 36.3 Å². The molecule has 6 nitrogen and oxygen atoms in total. The molecule has 1 aromatic rings. The van der Waals surface area contributed by atoms with Crippen LogP contribution in [0.5, 0.6) is 6.01 Å². The van der Waals surface area contributed by atoms with Gasteiger partial charge >= 0.3 is 6.01 Å². The monoisotopic (exact) mass is 313 g/mol. The summed E-state index contributed by atoms with van der Waals surface area (Å²) in [7, 11) is -3.12. The Hall–Kier alpha value is -1.21. The maximum Gasteiger partial charge on any atom is 0.317 e. The van der Waals surface area contributed by atoms with Gasteiger partial charge in [0, 0.05) is 17.4 Å². The molecule has 118 valence electrons. The molecule has 0 spiro atoms. The molecular weight excluding hydrogens is 290 g/mol. The number of hydrogen-bond acceptors (Lipinski definition) is 5. The summed E-state index contributed by atoms with van der Waals surface area (Å²) in [6.45, 7) is 5.48. The second kappa shape index (κ2) is 6.70. The van der Waals surface area contributed by atoms with E-state index in [0.29, 0.717) is 6.01 Å². The van der Waals surface area contributed by atoms with Crippen LogP contribution in [0.25, 0.3) is 0 Å². The third-order valence-electron chi connectivity index (χ3n) is 3.63. The molecule has 0 radical (unpaired) electrons. The molecule has 1 saturated carbocycles. The van der Waals surface area contributed by atoms with E-state index in [-0.39, 0.29) is 17.9 Å². The molecule has 0 bridgehead atoms. The van der Waals surface area contributed by atoms with Crippen LogP contribution in [0.15, 0.2) is 6.07 Å². The second-order valence-electron chi connectivity index (χ2n) is 5.55. The van der Waals surface area contributed by atoms with E-state index < -0.39 is 10.0 Å². The minimum absolute atomic E-state index is 0.0231. The highest BCUT2D eigenvalue weighted by Crippen LogP contribution is 2.23. The molecule has 1 N–H and O–H groups in total. The Morgan fingerprint density at radius 3 is 2.29 bits per heavy atom. The predicted molar refractivity (Wildman–Crippen MR) is 80.8 cm³/mol. The summed E-state index contributed by atoms with van der Waals surface area (Å²) in [5.74, 6) is 0.125. The predicted octanol–water partition coefficient (Wildman–Crippen LogP) is 1.72. The smallest absolute Gasteiger partial charge is 0.317 e. The molecule has 0 unspecified atom stereocenters. The van der Waals surface area contributed by atoms with E-state index in [4.69, 9.17) is 4.74 Å². The van der Waals surface area contributed by atoms with E-state index in [1.165, 1.54) is 0 Å².